The Morgan fingerprint density at radius 2 is 1.73 bits per heavy atom. The number of ketones is 1. The largest absolute Gasteiger partial charge is 0.493 e. The van der Waals surface area contributed by atoms with Crippen molar-refractivity contribution in [1.82, 2.24) is 14.8 Å². The number of benzene rings is 2. The summed E-state index contributed by atoms with van der Waals surface area (Å²) in [5.74, 6) is 1.76. The zero-order valence-electron chi connectivity index (χ0n) is 22.5. The number of ether oxygens (including phenoxy) is 3. The zero-order chi connectivity index (χ0) is 26.2. The average Bonchev–Trinajstić information content (AvgIpc) is 3.28. The van der Waals surface area contributed by atoms with Crippen LogP contribution in [0.15, 0.2) is 48.5 Å². The first kappa shape index (κ1) is 26.8. The SMILES string of the molecule is COc1cc(/C=C/C(=O)CCCn2c(CNC3CCN(C)CC3)cc3ccccc32)cc(OC)c1OC. The van der Waals surface area contributed by atoms with Crippen LogP contribution in [0.25, 0.3) is 17.0 Å². The van der Waals surface area contributed by atoms with Gasteiger partial charge >= 0.3 is 0 Å². The van der Waals surface area contributed by atoms with Gasteiger partial charge in [-0.1, -0.05) is 24.3 Å². The van der Waals surface area contributed by atoms with Gasteiger partial charge in [0.1, 0.15) is 0 Å². The molecule has 3 aromatic rings. The van der Waals surface area contributed by atoms with Crippen LogP contribution in [0, 0.1) is 0 Å². The molecule has 2 heterocycles. The number of para-hydroxylation sites is 1. The minimum atomic E-state index is 0.0937. The molecule has 0 saturated carbocycles. The van der Waals surface area contributed by atoms with Gasteiger partial charge in [-0.25, -0.2) is 0 Å². The molecule has 0 radical (unpaired) electrons. The van der Waals surface area contributed by atoms with Crippen LogP contribution in [0.1, 0.15) is 36.9 Å². The fraction of sp³-hybridized carbons (Fsp3) is 0.433. The number of aryl methyl sites for hydroxylation is 1. The van der Waals surface area contributed by atoms with E-state index in [0.717, 1.165) is 38.2 Å². The summed E-state index contributed by atoms with van der Waals surface area (Å²) >= 11 is 0. The monoisotopic (exact) mass is 505 g/mol. The molecule has 1 fully saturated rings. The number of methoxy groups -OCH3 is 3. The van der Waals surface area contributed by atoms with Gasteiger partial charge in [0, 0.05) is 36.8 Å². The number of hydrogen-bond donors (Lipinski definition) is 1. The summed E-state index contributed by atoms with van der Waals surface area (Å²) in [6.07, 6.45) is 7.06. The lowest BCUT2D eigenvalue weighted by Crippen LogP contribution is -2.40. The minimum absolute atomic E-state index is 0.0937. The summed E-state index contributed by atoms with van der Waals surface area (Å²) in [5, 5.41) is 5.02. The van der Waals surface area contributed by atoms with Crippen LogP contribution in [-0.4, -0.2) is 62.8 Å². The molecule has 0 spiro atoms. The van der Waals surface area contributed by atoms with Gasteiger partial charge in [-0.15, -0.1) is 0 Å². The van der Waals surface area contributed by atoms with Gasteiger partial charge in [0.15, 0.2) is 17.3 Å². The molecule has 0 bridgehead atoms. The number of fused-ring (bicyclic) bond motifs is 1. The Morgan fingerprint density at radius 1 is 1.03 bits per heavy atom. The number of nitrogens with one attached hydrogen (secondary N) is 1. The molecule has 0 unspecified atom stereocenters. The van der Waals surface area contributed by atoms with E-state index in [1.165, 1.54) is 29.4 Å². The third-order valence-electron chi connectivity index (χ3n) is 7.14. The quantitative estimate of drug-likeness (QED) is 0.353. The molecular formula is C30H39N3O4. The summed E-state index contributed by atoms with van der Waals surface area (Å²) in [7, 11) is 6.93. The Morgan fingerprint density at radius 3 is 2.41 bits per heavy atom. The van der Waals surface area contributed by atoms with Gasteiger partial charge < -0.3 is 29.0 Å². The van der Waals surface area contributed by atoms with Crippen LogP contribution < -0.4 is 19.5 Å². The van der Waals surface area contributed by atoms with E-state index in [4.69, 9.17) is 14.2 Å². The molecule has 7 nitrogen and oxygen atoms in total. The highest BCUT2D eigenvalue weighted by Gasteiger charge is 2.17. The summed E-state index contributed by atoms with van der Waals surface area (Å²) in [6.45, 7) is 3.94. The third-order valence-corrected chi connectivity index (χ3v) is 7.14. The van der Waals surface area contributed by atoms with Crippen molar-refractivity contribution in [2.45, 2.75) is 44.8 Å². The van der Waals surface area contributed by atoms with Crippen LogP contribution in [-0.2, 0) is 17.9 Å². The number of allylic oxidation sites excluding steroid dienone is 1. The summed E-state index contributed by atoms with van der Waals surface area (Å²) < 4.78 is 18.6. The smallest absolute Gasteiger partial charge is 0.203 e. The van der Waals surface area contributed by atoms with E-state index < -0.39 is 0 Å². The van der Waals surface area contributed by atoms with Gasteiger partial charge in [-0.3, -0.25) is 4.79 Å². The van der Waals surface area contributed by atoms with E-state index in [-0.39, 0.29) is 5.78 Å². The highest BCUT2D eigenvalue weighted by molar-refractivity contribution is 5.93. The average molecular weight is 506 g/mol. The molecule has 1 aliphatic heterocycles. The molecule has 198 valence electrons. The Hall–Kier alpha value is -3.29. The summed E-state index contributed by atoms with van der Waals surface area (Å²) in [5.41, 5.74) is 3.32. The van der Waals surface area contributed by atoms with Crippen molar-refractivity contribution in [3.05, 3.63) is 59.8 Å². The molecule has 0 atom stereocenters. The van der Waals surface area contributed by atoms with Gasteiger partial charge in [-0.05, 0) is 80.7 Å². The molecule has 1 aliphatic rings. The van der Waals surface area contributed by atoms with Crippen molar-refractivity contribution in [2.24, 2.45) is 0 Å². The fourth-order valence-corrected chi connectivity index (χ4v) is 5.02. The number of aromatic nitrogens is 1. The molecular weight excluding hydrogens is 466 g/mol. The fourth-order valence-electron chi connectivity index (χ4n) is 5.02. The molecule has 0 amide bonds. The standard InChI is InChI=1S/C30H39N3O4/c1-32-16-13-24(14-17-32)31-21-25-20-23-8-5-6-10-27(23)33(25)15-7-9-26(34)12-11-22-18-28(35-2)30(37-4)29(19-22)36-3/h5-6,8,10-12,18-20,24,31H,7,9,13-17,21H2,1-4H3/b12-11+. The normalized spacial score (nSPS) is 14.9. The number of carbonyl (C=O) groups is 1. The molecule has 1 aromatic heterocycles. The number of nitrogens with zero attached hydrogens (tertiary/aromatic N) is 2. The van der Waals surface area contributed by atoms with Gasteiger partial charge in [0.05, 0.1) is 21.3 Å². The Bertz CT molecular complexity index is 1200. The molecule has 4 rings (SSSR count). The van der Waals surface area contributed by atoms with Crippen molar-refractivity contribution in [3.8, 4) is 17.2 Å². The van der Waals surface area contributed by atoms with Crippen molar-refractivity contribution in [3.63, 3.8) is 0 Å². The van der Waals surface area contributed by atoms with E-state index in [0.29, 0.717) is 29.7 Å². The van der Waals surface area contributed by atoms with Gasteiger partial charge in [0.25, 0.3) is 0 Å². The second-order valence-electron chi connectivity index (χ2n) is 9.67. The van der Waals surface area contributed by atoms with Crippen LogP contribution in [0.2, 0.25) is 0 Å². The maximum atomic E-state index is 12.7. The topological polar surface area (TPSA) is 65.0 Å². The maximum absolute atomic E-state index is 12.7. The summed E-state index contributed by atoms with van der Waals surface area (Å²) in [6, 6.07) is 15.0. The Labute approximate surface area is 220 Å². The van der Waals surface area contributed by atoms with Crippen molar-refractivity contribution in [2.75, 3.05) is 41.5 Å². The highest BCUT2D eigenvalue weighted by Crippen LogP contribution is 2.38. The predicted molar refractivity (Wildman–Crippen MR) is 149 cm³/mol. The number of piperidine rings is 1. The van der Waals surface area contributed by atoms with Gasteiger partial charge in [-0.2, -0.15) is 0 Å². The van der Waals surface area contributed by atoms with Crippen molar-refractivity contribution >= 4 is 22.8 Å². The molecule has 0 aliphatic carbocycles. The van der Waals surface area contributed by atoms with Crippen LogP contribution in [0.5, 0.6) is 17.2 Å². The first-order chi connectivity index (χ1) is 18.0. The second-order valence-corrected chi connectivity index (χ2v) is 9.67. The number of rotatable bonds is 12. The summed E-state index contributed by atoms with van der Waals surface area (Å²) in [4.78, 5) is 15.1. The van der Waals surface area contributed by atoms with Crippen molar-refractivity contribution < 1.29 is 19.0 Å². The second kappa shape index (κ2) is 12.8. The van der Waals surface area contributed by atoms with Crippen LogP contribution in [0.4, 0.5) is 0 Å². The molecule has 37 heavy (non-hydrogen) atoms. The number of hydrogen-bond acceptors (Lipinski definition) is 6. The lowest BCUT2D eigenvalue weighted by Gasteiger charge is -2.29. The Kier molecular flexibility index (Phi) is 9.25. The van der Waals surface area contributed by atoms with Crippen LogP contribution in [0.3, 0.4) is 0 Å². The number of likely N-dealkylation sites (tertiary alicyclic amines) is 1. The van der Waals surface area contributed by atoms with E-state index in [1.807, 2.05) is 12.1 Å². The molecule has 2 aromatic carbocycles. The zero-order valence-corrected chi connectivity index (χ0v) is 22.5. The van der Waals surface area contributed by atoms with E-state index in [2.05, 4.69) is 52.2 Å². The molecule has 1 saturated heterocycles. The van der Waals surface area contributed by atoms with E-state index in [1.54, 1.807) is 33.5 Å². The minimum Gasteiger partial charge on any atom is -0.493 e. The first-order valence-corrected chi connectivity index (χ1v) is 13.0. The first-order valence-electron chi connectivity index (χ1n) is 13.0. The third kappa shape index (κ3) is 6.73. The lowest BCUT2D eigenvalue weighted by atomic mass is 10.1. The Balaban J connectivity index is 1.38. The van der Waals surface area contributed by atoms with Crippen LogP contribution >= 0.6 is 0 Å². The van der Waals surface area contributed by atoms with Gasteiger partial charge in [0.2, 0.25) is 5.75 Å². The van der Waals surface area contributed by atoms with E-state index in [9.17, 15) is 4.79 Å². The lowest BCUT2D eigenvalue weighted by molar-refractivity contribution is -0.114. The maximum Gasteiger partial charge on any atom is 0.203 e. The molecule has 1 N–H and O–H groups in total. The highest BCUT2D eigenvalue weighted by atomic mass is 16.5. The van der Waals surface area contributed by atoms with E-state index >= 15 is 0 Å². The molecule has 7 heteroatoms. The predicted octanol–water partition coefficient (Wildman–Crippen LogP) is 4.91. The number of carbonyl (C=O) groups excluding carboxylic acids is 1. The van der Waals surface area contributed by atoms with Crippen molar-refractivity contribution in [1.29, 1.82) is 0 Å².